The van der Waals surface area contributed by atoms with E-state index < -0.39 is 12.2 Å². The molecule has 56 heavy (non-hydrogen) atoms. The number of hydrogen-bond acceptors (Lipinski definition) is 6. The Morgan fingerprint density at radius 1 is 0.464 bits per heavy atom. The van der Waals surface area contributed by atoms with Crippen LogP contribution in [0.2, 0.25) is 0 Å². The number of fused-ring (bicyclic) bond motifs is 1. The molecule has 280 valence electrons. The van der Waals surface area contributed by atoms with Crippen LogP contribution in [0.15, 0.2) is 176 Å². The molecular formula is C50H44O6. The predicted octanol–water partition coefficient (Wildman–Crippen LogP) is 10.6. The van der Waals surface area contributed by atoms with Crippen molar-refractivity contribution in [2.75, 3.05) is 0 Å². The van der Waals surface area contributed by atoms with Crippen molar-refractivity contribution in [3.63, 3.8) is 0 Å². The van der Waals surface area contributed by atoms with Gasteiger partial charge in [0.05, 0.1) is 6.10 Å². The molecule has 0 aromatic heterocycles. The van der Waals surface area contributed by atoms with Crippen LogP contribution in [0.3, 0.4) is 0 Å². The fourth-order valence-corrected chi connectivity index (χ4v) is 6.96. The maximum Gasteiger partial charge on any atom is 0.162 e. The molecule has 8 rings (SSSR count). The number of ether oxygens (including phenoxy) is 5. The molecule has 1 heterocycles. The summed E-state index contributed by atoms with van der Waals surface area (Å²) < 4.78 is 32.9. The molecule has 7 aromatic carbocycles. The van der Waals surface area contributed by atoms with Gasteiger partial charge in [0.2, 0.25) is 0 Å². The van der Waals surface area contributed by atoms with E-state index in [1.165, 1.54) is 0 Å². The second-order valence-electron chi connectivity index (χ2n) is 13.9. The van der Waals surface area contributed by atoms with Crippen LogP contribution in [0.1, 0.15) is 50.6 Å². The van der Waals surface area contributed by atoms with Crippen LogP contribution < -0.4 is 23.7 Å². The Labute approximate surface area is 328 Å². The number of rotatable bonds is 15. The molecule has 6 nitrogen and oxygen atoms in total. The summed E-state index contributed by atoms with van der Waals surface area (Å²) in [6.45, 7) is 1.47. The highest BCUT2D eigenvalue weighted by atomic mass is 16.5. The van der Waals surface area contributed by atoms with Crippen LogP contribution in [0.25, 0.3) is 0 Å². The summed E-state index contributed by atoms with van der Waals surface area (Å²) in [4.78, 5) is 0. The molecule has 0 radical (unpaired) electrons. The molecule has 0 saturated carbocycles. The van der Waals surface area contributed by atoms with Crippen LogP contribution in [-0.2, 0) is 39.3 Å². The summed E-state index contributed by atoms with van der Waals surface area (Å²) >= 11 is 0. The first-order valence-corrected chi connectivity index (χ1v) is 19.0. The van der Waals surface area contributed by atoms with Gasteiger partial charge < -0.3 is 28.8 Å². The second kappa shape index (κ2) is 17.8. The number of aliphatic hydroxyl groups is 1. The molecule has 0 spiro atoms. The number of benzene rings is 7. The van der Waals surface area contributed by atoms with E-state index in [0.29, 0.717) is 68.0 Å². The van der Waals surface area contributed by atoms with Gasteiger partial charge in [0.15, 0.2) is 11.5 Å². The summed E-state index contributed by atoms with van der Waals surface area (Å²) in [6.07, 6.45) is -0.667. The Morgan fingerprint density at radius 3 is 1.43 bits per heavy atom. The molecule has 0 fully saturated rings. The van der Waals surface area contributed by atoms with Crippen LogP contribution in [-0.4, -0.2) is 11.2 Å². The molecule has 2 atom stereocenters. The van der Waals surface area contributed by atoms with Crippen molar-refractivity contribution in [1.82, 2.24) is 0 Å². The average molecular weight is 741 g/mol. The molecular weight excluding hydrogens is 697 g/mol. The van der Waals surface area contributed by atoms with Crippen molar-refractivity contribution >= 4 is 0 Å². The minimum atomic E-state index is -0.875. The van der Waals surface area contributed by atoms with Crippen LogP contribution >= 0.6 is 0 Å². The van der Waals surface area contributed by atoms with Gasteiger partial charge in [-0.1, -0.05) is 158 Å². The number of aliphatic hydroxyl groups excluding tert-OH is 1. The highest BCUT2D eigenvalue weighted by Gasteiger charge is 2.35. The molecule has 7 aromatic rings. The largest absolute Gasteiger partial charge is 0.488 e. The van der Waals surface area contributed by atoms with Crippen molar-refractivity contribution in [2.24, 2.45) is 0 Å². The van der Waals surface area contributed by atoms with Gasteiger partial charge in [-0.25, -0.2) is 0 Å². The van der Waals surface area contributed by atoms with Gasteiger partial charge in [-0.2, -0.15) is 0 Å². The first-order chi connectivity index (χ1) is 27.7. The van der Waals surface area contributed by atoms with Gasteiger partial charge >= 0.3 is 0 Å². The monoisotopic (exact) mass is 740 g/mol. The summed E-state index contributed by atoms with van der Waals surface area (Å²) in [5.74, 6) is 3.14. The third-order valence-electron chi connectivity index (χ3n) is 9.88. The molecule has 0 bridgehead atoms. The molecule has 0 saturated heterocycles. The maximum absolute atomic E-state index is 11.9. The van der Waals surface area contributed by atoms with E-state index in [1.807, 2.05) is 152 Å². The van der Waals surface area contributed by atoms with Crippen LogP contribution in [0, 0.1) is 0 Å². The molecule has 6 heteroatoms. The normalized spacial score (nSPS) is 14.6. The molecule has 1 aliphatic heterocycles. The minimum Gasteiger partial charge on any atom is -0.488 e. The Kier molecular flexibility index (Phi) is 11.6. The van der Waals surface area contributed by atoms with Crippen molar-refractivity contribution in [3.05, 3.63) is 220 Å². The van der Waals surface area contributed by atoms with Gasteiger partial charge in [0.1, 0.15) is 49.8 Å². The molecule has 0 aliphatic carbocycles. The van der Waals surface area contributed by atoms with Gasteiger partial charge in [-0.05, 0) is 45.5 Å². The number of hydrogen-bond donors (Lipinski definition) is 1. The van der Waals surface area contributed by atoms with E-state index in [2.05, 4.69) is 24.3 Å². The molecule has 1 aliphatic rings. The zero-order valence-corrected chi connectivity index (χ0v) is 31.1. The Balaban J connectivity index is 1.15. The van der Waals surface area contributed by atoms with Gasteiger partial charge in [-0.15, -0.1) is 0 Å². The summed E-state index contributed by atoms with van der Waals surface area (Å²) in [7, 11) is 0. The molecule has 0 amide bonds. The van der Waals surface area contributed by atoms with Crippen molar-refractivity contribution < 1.29 is 28.8 Å². The first kappa shape index (κ1) is 36.5. The summed E-state index contributed by atoms with van der Waals surface area (Å²) in [6, 6.07) is 58.3. The third-order valence-corrected chi connectivity index (χ3v) is 9.88. The van der Waals surface area contributed by atoms with Gasteiger partial charge in [0.25, 0.3) is 0 Å². The Morgan fingerprint density at radius 2 is 0.911 bits per heavy atom. The minimum absolute atomic E-state index is 0.317. The van der Waals surface area contributed by atoms with Crippen LogP contribution in [0.4, 0.5) is 0 Å². The fourth-order valence-electron chi connectivity index (χ4n) is 6.96. The first-order valence-electron chi connectivity index (χ1n) is 19.0. The summed E-state index contributed by atoms with van der Waals surface area (Å²) in [5, 5.41) is 11.9. The quantitative estimate of drug-likeness (QED) is 0.113. The van der Waals surface area contributed by atoms with E-state index in [4.69, 9.17) is 23.7 Å². The summed E-state index contributed by atoms with van der Waals surface area (Å²) in [5.41, 5.74) is 7.78. The second-order valence-corrected chi connectivity index (χ2v) is 13.9. The lowest BCUT2D eigenvalue weighted by Gasteiger charge is -2.33. The molecule has 0 unspecified atom stereocenters. The maximum atomic E-state index is 11.9. The van der Waals surface area contributed by atoms with E-state index in [-0.39, 0.29) is 0 Å². The van der Waals surface area contributed by atoms with E-state index >= 15 is 0 Å². The zero-order chi connectivity index (χ0) is 37.9. The van der Waals surface area contributed by atoms with Gasteiger partial charge in [0, 0.05) is 30.0 Å². The van der Waals surface area contributed by atoms with E-state index in [0.717, 1.165) is 44.5 Å². The lowest BCUT2D eigenvalue weighted by atomic mass is 9.91. The van der Waals surface area contributed by atoms with E-state index in [1.54, 1.807) is 0 Å². The highest BCUT2D eigenvalue weighted by Crippen LogP contribution is 2.47. The van der Waals surface area contributed by atoms with E-state index in [9.17, 15) is 5.11 Å². The average Bonchev–Trinajstić information content (AvgIpc) is 3.26. The van der Waals surface area contributed by atoms with Crippen molar-refractivity contribution in [2.45, 2.75) is 51.5 Å². The highest BCUT2D eigenvalue weighted by molar-refractivity contribution is 5.60. The Hall–Kier alpha value is -6.50. The van der Waals surface area contributed by atoms with Gasteiger partial charge in [-0.3, -0.25) is 0 Å². The van der Waals surface area contributed by atoms with Crippen molar-refractivity contribution in [3.8, 4) is 28.7 Å². The third kappa shape index (κ3) is 9.06. The standard InChI is InChI=1S/C50H44O6/c51-44-30-43-47(56-49(44)41-26-27-45(52-32-37-18-8-2-9-19-37)48(29-41)54-34-39-22-12-4-13-23-39)31-46(53-33-38-20-10-3-11-21-38)42(28-36-16-6-1-7-17-36)50(43)55-35-40-24-14-5-15-25-40/h1-27,29,31,44,49,51H,28,30,32-35H2/t44-,49+/m0/s1. The lowest BCUT2D eigenvalue weighted by molar-refractivity contribution is 0.0191. The SMILES string of the molecule is O[C@H]1Cc2c(cc(OCc3ccccc3)c(Cc3ccccc3)c2OCc2ccccc2)O[C@@H]1c1ccc(OCc2ccccc2)c(OCc2ccccc2)c1. The smallest absolute Gasteiger partial charge is 0.162 e. The topological polar surface area (TPSA) is 66.4 Å². The predicted molar refractivity (Wildman–Crippen MR) is 218 cm³/mol. The lowest BCUT2D eigenvalue weighted by Crippen LogP contribution is -2.31. The fraction of sp³-hybridized carbons (Fsp3) is 0.160. The zero-order valence-electron chi connectivity index (χ0n) is 31.1. The molecule has 1 N–H and O–H groups in total. The van der Waals surface area contributed by atoms with Crippen molar-refractivity contribution in [1.29, 1.82) is 0 Å². The van der Waals surface area contributed by atoms with Crippen LogP contribution in [0.5, 0.6) is 28.7 Å². The Bertz CT molecular complexity index is 2300.